The number of nitrogens with two attached hydrogens (primary N) is 1. The SMILES string of the molecule is CC1(O)CC(N)(c2ccc(-c3nc(-c4cnc(C5CC6CCC(C5)N6)s4)sc3-c3ccccc3)cc2)C1. The monoisotopic (exact) mass is 528 g/mol. The third kappa shape index (κ3) is 4.37. The summed E-state index contributed by atoms with van der Waals surface area (Å²) in [7, 11) is 0. The van der Waals surface area contributed by atoms with Gasteiger partial charge in [-0.25, -0.2) is 9.97 Å². The van der Waals surface area contributed by atoms with Gasteiger partial charge in [-0.15, -0.1) is 22.7 Å². The number of aliphatic hydroxyl groups is 1. The average molecular weight is 529 g/mol. The van der Waals surface area contributed by atoms with Gasteiger partial charge in [0, 0.05) is 35.3 Å². The van der Waals surface area contributed by atoms with Crippen LogP contribution in [-0.4, -0.2) is 32.8 Å². The topological polar surface area (TPSA) is 84.1 Å². The minimum absolute atomic E-state index is 0.454. The molecular weight excluding hydrogens is 496 g/mol. The molecule has 0 radical (unpaired) electrons. The van der Waals surface area contributed by atoms with Gasteiger partial charge in [0.2, 0.25) is 0 Å². The van der Waals surface area contributed by atoms with Crippen molar-refractivity contribution in [3.63, 3.8) is 0 Å². The molecule has 2 atom stereocenters. The molecule has 37 heavy (non-hydrogen) atoms. The van der Waals surface area contributed by atoms with Crippen LogP contribution in [0.25, 0.3) is 31.6 Å². The number of benzene rings is 2. The van der Waals surface area contributed by atoms with Crippen molar-refractivity contribution in [3.8, 4) is 31.6 Å². The van der Waals surface area contributed by atoms with E-state index in [2.05, 4.69) is 59.9 Å². The highest BCUT2D eigenvalue weighted by molar-refractivity contribution is 7.23. The van der Waals surface area contributed by atoms with Gasteiger partial charge in [0.05, 0.1) is 26.1 Å². The van der Waals surface area contributed by atoms with Crippen LogP contribution in [0.1, 0.15) is 61.9 Å². The number of fused-ring (bicyclic) bond motifs is 2. The first-order chi connectivity index (χ1) is 17.9. The molecule has 7 heteroatoms. The fourth-order valence-electron chi connectivity index (χ4n) is 6.71. The van der Waals surface area contributed by atoms with Gasteiger partial charge in [0.15, 0.2) is 0 Å². The quantitative estimate of drug-likeness (QED) is 0.283. The molecule has 2 aromatic carbocycles. The Morgan fingerprint density at radius 2 is 1.65 bits per heavy atom. The van der Waals surface area contributed by atoms with Crippen LogP contribution < -0.4 is 11.1 Å². The summed E-state index contributed by atoms with van der Waals surface area (Å²) in [5.41, 5.74) is 9.80. The van der Waals surface area contributed by atoms with Crippen molar-refractivity contribution >= 4 is 22.7 Å². The van der Waals surface area contributed by atoms with Crippen molar-refractivity contribution in [2.24, 2.45) is 5.73 Å². The zero-order valence-corrected chi connectivity index (χ0v) is 22.6. The first-order valence-corrected chi connectivity index (χ1v) is 14.9. The van der Waals surface area contributed by atoms with E-state index in [0.29, 0.717) is 30.8 Å². The normalized spacial score (nSPS) is 30.8. The second-order valence-electron chi connectivity index (χ2n) is 11.5. The minimum atomic E-state index is -0.668. The highest BCUT2D eigenvalue weighted by atomic mass is 32.1. The van der Waals surface area contributed by atoms with Gasteiger partial charge in [-0.1, -0.05) is 54.6 Å². The Morgan fingerprint density at radius 1 is 0.946 bits per heavy atom. The standard InChI is InChI=1S/C30H32N4OS2/c1-29(35)16-30(31,17-29)21-9-7-18(8-10-21)25-26(19-5-3-2-4-6-19)37-28(34-25)24-15-32-27(36-24)20-13-22-11-12-23(14-20)33-22/h2-10,15,20,22-23,33,35H,11-14,16-17,31H2,1H3. The van der Waals surface area contributed by atoms with E-state index in [1.807, 2.05) is 24.5 Å². The van der Waals surface area contributed by atoms with E-state index < -0.39 is 11.1 Å². The molecule has 4 aromatic rings. The van der Waals surface area contributed by atoms with Crippen molar-refractivity contribution in [2.45, 2.75) is 74.6 Å². The molecule has 190 valence electrons. The van der Waals surface area contributed by atoms with Gasteiger partial charge in [-0.05, 0) is 56.6 Å². The molecule has 2 aliphatic heterocycles. The molecule has 2 unspecified atom stereocenters. The zero-order valence-electron chi connectivity index (χ0n) is 21.0. The molecule has 0 spiro atoms. The summed E-state index contributed by atoms with van der Waals surface area (Å²) in [6, 6.07) is 20.3. The van der Waals surface area contributed by atoms with E-state index in [0.717, 1.165) is 26.7 Å². The number of nitrogens with one attached hydrogen (secondary N) is 1. The van der Waals surface area contributed by atoms with E-state index in [1.54, 1.807) is 11.3 Å². The molecule has 1 saturated carbocycles. The van der Waals surface area contributed by atoms with Crippen LogP contribution in [0.15, 0.2) is 60.8 Å². The lowest BCUT2D eigenvalue weighted by Gasteiger charge is -2.49. The van der Waals surface area contributed by atoms with Crippen LogP contribution in [0.4, 0.5) is 0 Å². The Bertz CT molecular complexity index is 1410. The summed E-state index contributed by atoms with van der Waals surface area (Å²) < 4.78 is 0. The summed E-state index contributed by atoms with van der Waals surface area (Å²) in [4.78, 5) is 12.4. The molecule has 0 amide bonds. The van der Waals surface area contributed by atoms with Gasteiger partial charge in [-0.3, -0.25) is 0 Å². The lowest BCUT2D eigenvalue weighted by atomic mass is 9.63. The molecule has 3 aliphatic rings. The lowest BCUT2D eigenvalue weighted by Crippen LogP contribution is -2.58. The second kappa shape index (κ2) is 8.82. The maximum Gasteiger partial charge on any atom is 0.136 e. The molecule has 5 nitrogen and oxygen atoms in total. The molecule has 4 N–H and O–H groups in total. The van der Waals surface area contributed by atoms with Crippen molar-refractivity contribution in [1.82, 2.24) is 15.3 Å². The number of rotatable bonds is 5. The van der Waals surface area contributed by atoms with Crippen molar-refractivity contribution in [2.75, 3.05) is 0 Å². The number of hydrogen-bond donors (Lipinski definition) is 3. The largest absolute Gasteiger partial charge is 0.390 e. The molecule has 2 saturated heterocycles. The van der Waals surface area contributed by atoms with Gasteiger partial charge < -0.3 is 16.2 Å². The predicted molar refractivity (Wildman–Crippen MR) is 152 cm³/mol. The first kappa shape index (κ1) is 23.7. The smallest absolute Gasteiger partial charge is 0.136 e. The molecular formula is C30H32N4OS2. The van der Waals surface area contributed by atoms with Crippen LogP contribution in [0.5, 0.6) is 0 Å². The Hall–Kier alpha value is -2.42. The van der Waals surface area contributed by atoms with Gasteiger partial charge in [-0.2, -0.15) is 0 Å². The summed E-state index contributed by atoms with van der Waals surface area (Å²) in [5.74, 6) is 0.564. The lowest BCUT2D eigenvalue weighted by molar-refractivity contribution is -0.0738. The summed E-state index contributed by atoms with van der Waals surface area (Å²) in [6.07, 6.45) is 8.21. The van der Waals surface area contributed by atoms with Crippen LogP contribution >= 0.6 is 22.7 Å². The Labute approximate surface area is 225 Å². The Kier molecular flexibility index (Phi) is 5.64. The van der Waals surface area contributed by atoms with Gasteiger partial charge in [0.1, 0.15) is 5.01 Å². The maximum absolute atomic E-state index is 10.2. The number of hydrogen-bond acceptors (Lipinski definition) is 7. The molecule has 7 rings (SSSR count). The molecule has 3 fully saturated rings. The van der Waals surface area contributed by atoms with E-state index >= 15 is 0 Å². The zero-order chi connectivity index (χ0) is 25.2. The van der Waals surface area contributed by atoms with E-state index in [9.17, 15) is 5.11 Å². The van der Waals surface area contributed by atoms with Crippen LogP contribution in [0, 0.1) is 0 Å². The number of aromatic nitrogens is 2. The first-order valence-electron chi connectivity index (χ1n) is 13.3. The number of thiazole rings is 2. The number of nitrogens with zero attached hydrogens (tertiary/aromatic N) is 2. The highest BCUT2D eigenvalue weighted by Crippen LogP contribution is 2.48. The highest BCUT2D eigenvalue weighted by Gasteiger charge is 2.49. The second-order valence-corrected chi connectivity index (χ2v) is 13.6. The van der Waals surface area contributed by atoms with Crippen molar-refractivity contribution in [3.05, 3.63) is 71.4 Å². The molecule has 1 aliphatic carbocycles. The average Bonchev–Trinajstić information content (AvgIpc) is 3.62. The van der Waals surface area contributed by atoms with E-state index in [1.165, 1.54) is 41.1 Å². The molecule has 4 heterocycles. The molecule has 2 aromatic heterocycles. The maximum atomic E-state index is 10.2. The Morgan fingerprint density at radius 3 is 2.32 bits per heavy atom. The van der Waals surface area contributed by atoms with E-state index in [-0.39, 0.29) is 0 Å². The summed E-state index contributed by atoms with van der Waals surface area (Å²) >= 11 is 3.57. The fraction of sp³-hybridized carbons (Fsp3) is 0.400. The minimum Gasteiger partial charge on any atom is -0.390 e. The van der Waals surface area contributed by atoms with Crippen LogP contribution in [0.3, 0.4) is 0 Å². The van der Waals surface area contributed by atoms with Gasteiger partial charge in [0.25, 0.3) is 0 Å². The number of piperidine rings is 1. The van der Waals surface area contributed by atoms with Gasteiger partial charge >= 0.3 is 0 Å². The van der Waals surface area contributed by atoms with E-state index in [4.69, 9.17) is 15.7 Å². The van der Waals surface area contributed by atoms with Crippen molar-refractivity contribution in [1.29, 1.82) is 0 Å². The third-order valence-electron chi connectivity index (χ3n) is 8.35. The van der Waals surface area contributed by atoms with Crippen LogP contribution in [0.2, 0.25) is 0 Å². The summed E-state index contributed by atoms with van der Waals surface area (Å²) in [5, 5.41) is 16.3. The fourth-order valence-corrected chi connectivity index (χ4v) is 8.89. The van der Waals surface area contributed by atoms with Crippen molar-refractivity contribution < 1.29 is 5.11 Å². The third-order valence-corrected chi connectivity index (χ3v) is 10.8. The Balaban J connectivity index is 1.22. The van der Waals surface area contributed by atoms with Crippen LogP contribution in [-0.2, 0) is 5.54 Å². The summed E-state index contributed by atoms with van der Waals surface area (Å²) in [6.45, 7) is 1.86. The predicted octanol–water partition coefficient (Wildman–Crippen LogP) is 6.30. The molecule has 2 bridgehead atoms.